The lowest BCUT2D eigenvalue weighted by molar-refractivity contribution is -0.140. The first-order valence-electron chi connectivity index (χ1n) is 6.07. The van der Waals surface area contributed by atoms with E-state index < -0.39 is 18.7 Å². The summed E-state index contributed by atoms with van der Waals surface area (Å²) in [4.78, 5) is 4.13. The normalized spacial score (nSPS) is 13.4. The molecule has 108 valence electrons. The number of aliphatic hydroxyl groups excluding tert-OH is 1. The Balaban J connectivity index is 2.19. The molecule has 2 aromatic rings. The van der Waals surface area contributed by atoms with Crippen LogP contribution in [0.1, 0.15) is 24.5 Å². The molecule has 1 N–H and O–H groups in total. The van der Waals surface area contributed by atoms with Crippen LogP contribution in [-0.2, 0) is 0 Å². The third-order valence-electron chi connectivity index (χ3n) is 3.00. The predicted molar refractivity (Wildman–Crippen MR) is 68.5 cm³/mol. The van der Waals surface area contributed by atoms with Gasteiger partial charge in [-0.25, -0.2) is 0 Å². The van der Waals surface area contributed by atoms with Crippen LogP contribution in [0.15, 0.2) is 30.5 Å². The van der Waals surface area contributed by atoms with Crippen molar-refractivity contribution in [2.75, 3.05) is 7.11 Å². The first-order valence-corrected chi connectivity index (χ1v) is 6.07. The van der Waals surface area contributed by atoms with E-state index in [-0.39, 0.29) is 6.42 Å². The summed E-state index contributed by atoms with van der Waals surface area (Å²) in [6.07, 6.45) is -5.43. The van der Waals surface area contributed by atoms with E-state index in [1.807, 2.05) is 0 Å². The first kappa shape index (κ1) is 14.6. The van der Waals surface area contributed by atoms with Crippen LogP contribution in [0, 0.1) is 0 Å². The zero-order valence-corrected chi connectivity index (χ0v) is 10.8. The maximum Gasteiger partial charge on any atom is 0.389 e. The van der Waals surface area contributed by atoms with E-state index in [0.29, 0.717) is 16.8 Å². The number of benzene rings is 1. The summed E-state index contributed by atoms with van der Waals surface area (Å²) >= 11 is 0. The number of nitrogens with zero attached hydrogens (tertiary/aromatic N) is 1. The third kappa shape index (κ3) is 3.60. The fraction of sp³-hybridized carbons (Fsp3) is 0.357. The fourth-order valence-corrected chi connectivity index (χ4v) is 1.89. The number of aromatic nitrogens is 1. The summed E-state index contributed by atoms with van der Waals surface area (Å²) in [5.74, 6) is 0.648. The number of fused-ring (bicyclic) bond motifs is 1. The largest absolute Gasteiger partial charge is 0.497 e. The summed E-state index contributed by atoms with van der Waals surface area (Å²) < 4.78 is 41.4. The lowest BCUT2D eigenvalue weighted by Gasteiger charge is -2.13. The monoisotopic (exact) mass is 285 g/mol. The molecule has 1 atom stereocenters. The maximum atomic E-state index is 12.1. The molecule has 2 rings (SSSR count). The van der Waals surface area contributed by atoms with Gasteiger partial charge in [-0.05, 0) is 30.2 Å². The predicted octanol–water partition coefficient (Wildman–Crippen LogP) is 3.62. The van der Waals surface area contributed by atoms with E-state index >= 15 is 0 Å². The number of pyridine rings is 1. The molecule has 0 bridgehead atoms. The minimum absolute atomic E-state index is 0.368. The Bertz CT molecular complexity index is 598. The molecule has 1 aromatic carbocycles. The minimum Gasteiger partial charge on any atom is -0.497 e. The minimum atomic E-state index is -4.27. The molecule has 0 radical (unpaired) electrons. The number of hydrogen-bond acceptors (Lipinski definition) is 3. The van der Waals surface area contributed by atoms with Crippen molar-refractivity contribution in [1.29, 1.82) is 0 Å². The number of methoxy groups -OCH3 is 1. The highest BCUT2D eigenvalue weighted by molar-refractivity contribution is 5.80. The summed E-state index contributed by atoms with van der Waals surface area (Å²) in [5, 5.41) is 10.5. The summed E-state index contributed by atoms with van der Waals surface area (Å²) in [6.45, 7) is 0. The van der Waals surface area contributed by atoms with Gasteiger partial charge in [0.05, 0.1) is 18.7 Å². The van der Waals surface area contributed by atoms with Crippen LogP contribution in [0.3, 0.4) is 0 Å². The van der Waals surface area contributed by atoms with Gasteiger partial charge in [-0.3, -0.25) is 4.98 Å². The standard InChI is InChI=1S/C14H14F3NO2/c1-20-11-3-2-9-6-10(8-18-12(9)7-11)13(19)4-5-14(15,16)17/h2-3,6-8,13,19H,4-5H2,1H3/t13-/m1/s1. The van der Waals surface area contributed by atoms with E-state index in [9.17, 15) is 18.3 Å². The van der Waals surface area contributed by atoms with E-state index in [4.69, 9.17) is 4.74 Å². The number of aliphatic hydroxyl groups is 1. The lowest BCUT2D eigenvalue weighted by atomic mass is 10.0. The van der Waals surface area contributed by atoms with Crippen molar-refractivity contribution >= 4 is 10.9 Å². The molecule has 6 heteroatoms. The maximum absolute atomic E-state index is 12.1. The molecule has 20 heavy (non-hydrogen) atoms. The Labute approximate surface area is 114 Å². The molecule has 0 aliphatic carbocycles. The second-order valence-corrected chi connectivity index (χ2v) is 4.50. The molecule has 1 heterocycles. The van der Waals surface area contributed by atoms with Crippen LogP contribution in [0.4, 0.5) is 13.2 Å². The highest BCUT2D eigenvalue weighted by atomic mass is 19.4. The Hall–Kier alpha value is -1.82. The SMILES string of the molecule is COc1ccc2cc([C@H](O)CCC(F)(F)F)cnc2c1. The number of ether oxygens (including phenoxy) is 1. The molecule has 0 aliphatic heterocycles. The van der Waals surface area contributed by atoms with Crippen LogP contribution in [0.5, 0.6) is 5.75 Å². The summed E-state index contributed by atoms with van der Waals surface area (Å²) in [6, 6.07) is 6.85. The van der Waals surface area contributed by atoms with Gasteiger partial charge in [0.15, 0.2) is 0 Å². The van der Waals surface area contributed by atoms with E-state index in [1.165, 1.54) is 13.3 Å². The van der Waals surface area contributed by atoms with Gasteiger partial charge in [-0.15, -0.1) is 0 Å². The molecule has 0 aliphatic rings. The second-order valence-electron chi connectivity index (χ2n) is 4.50. The van der Waals surface area contributed by atoms with Crippen LogP contribution in [0.25, 0.3) is 10.9 Å². The average Bonchev–Trinajstić information content (AvgIpc) is 2.42. The van der Waals surface area contributed by atoms with Crippen molar-refractivity contribution in [1.82, 2.24) is 4.98 Å². The van der Waals surface area contributed by atoms with Crippen molar-refractivity contribution in [2.24, 2.45) is 0 Å². The zero-order valence-electron chi connectivity index (χ0n) is 10.8. The van der Waals surface area contributed by atoms with Crippen molar-refractivity contribution in [3.63, 3.8) is 0 Å². The molecule has 1 aromatic heterocycles. The third-order valence-corrected chi connectivity index (χ3v) is 3.00. The molecule has 0 spiro atoms. The van der Waals surface area contributed by atoms with Gasteiger partial charge < -0.3 is 9.84 Å². The van der Waals surface area contributed by atoms with Crippen LogP contribution in [-0.4, -0.2) is 23.4 Å². The topological polar surface area (TPSA) is 42.4 Å². The molecular formula is C14H14F3NO2. The van der Waals surface area contributed by atoms with Gasteiger partial charge in [0, 0.05) is 24.1 Å². The van der Waals surface area contributed by atoms with Crippen LogP contribution in [0.2, 0.25) is 0 Å². The second kappa shape index (κ2) is 5.66. The number of alkyl halides is 3. The fourth-order valence-electron chi connectivity index (χ4n) is 1.89. The molecule has 0 amide bonds. The van der Waals surface area contributed by atoms with Crippen LogP contribution >= 0.6 is 0 Å². The van der Waals surface area contributed by atoms with E-state index in [2.05, 4.69) is 4.98 Å². The van der Waals surface area contributed by atoms with Gasteiger partial charge in [-0.1, -0.05) is 0 Å². The molecule has 0 saturated carbocycles. The average molecular weight is 285 g/mol. The van der Waals surface area contributed by atoms with E-state index in [1.54, 1.807) is 24.3 Å². The Morgan fingerprint density at radius 1 is 1.30 bits per heavy atom. The number of rotatable bonds is 4. The van der Waals surface area contributed by atoms with Crippen molar-refractivity contribution in [2.45, 2.75) is 25.1 Å². The summed E-state index contributed by atoms with van der Waals surface area (Å²) in [7, 11) is 1.54. The quantitative estimate of drug-likeness (QED) is 0.933. The molecule has 0 fully saturated rings. The van der Waals surface area contributed by atoms with Crippen molar-refractivity contribution in [3.8, 4) is 5.75 Å². The van der Waals surface area contributed by atoms with Crippen molar-refractivity contribution in [3.05, 3.63) is 36.0 Å². The highest BCUT2D eigenvalue weighted by Gasteiger charge is 2.28. The van der Waals surface area contributed by atoms with Gasteiger partial charge in [0.25, 0.3) is 0 Å². The van der Waals surface area contributed by atoms with E-state index in [0.717, 1.165) is 5.39 Å². The lowest BCUT2D eigenvalue weighted by Crippen LogP contribution is -2.10. The van der Waals surface area contributed by atoms with Gasteiger partial charge >= 0.3 is 6.18 Å². The molecular weight excluding hydrogens is 271 g/mol. The van der Waals surface area contributed by atoms with Crippen LogP contribution < -0.4 is 4.74 Å². The Morgan fingerprint density at radius 3 is 2.70 bits per heavy atom. The summed E-state index contributed by atoms with van der Waals surface area (Å²) in [5.41, 5.74) is 1.04. The Morgan fingerprint density at radius 2 is 2.05 bits per heavy atom. The highest BCUT2D eigenvalue weighted by Crippen LogP contribution is 2.28. The van der Waals surface area contributed by atoms with Gasteiger partial charge in [-0.2, -0.15) is 13.2 Å². The number of hydrogen-bond donors (Lipinski definition) is 1. The molecule has 0 unspecified atom stereocenters. The van der Waals surface area contributed by atoms with Crippen molar-refractivity contribution < 1.29 is 23.0 Å². The Kier molecular flexibility index (Phi) is 4.13. The van der Waals surface area contributed by atoms with Gasteiger partial charge in [0.1, 0.15) is 5.75 Å². The zero-order chi connectivity index (χ0) is 14.8. The molecule has 3 nitrogen and oxygen atoms in total. The smallest absolute Gasteiger partial charge is 0.389 e. The molecule has 0 saturated heterocycles. The first-order chi connectivity index (χ1) is 9.39. The number of halogens is 3. The van der Waals surface area contributed by atoms with Gasteiger partial charge in [0.2, 0.25) is 0 Å².